The Bertz CT molecular complexity index is 1980. The van der Waals surface area contributed by atoms with E-state index in [1.807, 2.05) is 13.8 Å². The quantitative estimate of drug-likeness (QED) is 0.0894. The molecule has 3 aliphatic heterocycles. The molecule has 0 amide bonds. The third-order valence-electron chi connectivity index (χ3n) is 9.68. The van der Waals surface area contributed by atoms with Crippen molar-refractivity contribution in [3.8, 4) is 35.4 Å². The number of phenolic OH excluding ortho intramolecular Hbond substituents is 1. The van der Waals surface area contributed by atoms with E-state index >= 15 is 4.39 Å². The molecule has 3 saturated heterocycles. The average Bonchev–Trinajstić information content (AvgIpc) is 3.71. The van der Waals surface area contributed by atoms with Gasteiger partial charge in [0.2, 0.25) is 0 Å². The van der Waals surface area contributed by atoms with Gasteiger partial charge in [-0.05, 0) is 62.4 Å². The molecule has 13 nitrogen and oxygen atoms in total. The summed E-state index contributed by atoms with van der Waals surface area (Å²) in [6.07, 6.45) is 6.39. The maximum Gasteiger partial charge on any atom is 0.405 e. The van der Waals surface area contributed by atoms with E-state index in [1.54, 1.807) is 4.90 Å². The highest BCUT2D eigenvalue weighted by Crippen LogP contribution is 2.46. The van der Waals surface area contributed by atoms with Crippen molar-refractivity contribution < 1.29 is 43.8 Å². The molecule has 4 aromatic rings. The second-order valence-corrected chi connectivity index (χ2v) is 12.7. The maximum atomic E-state index is 16.9. The zero-order chi connectivity index (χ0) is 36.7. The van der Waals surface area contributed by atoms with E-state index in [4.69, 9.17) is 23.7 Å². The Morgan fingerprint density at radius 3 is 2.51 bits per heavy atom. The summed E-state index contributed by atoms with van der Waals surface area (Å²) in [5.74, 6) is 0.560. The second-order valence-electron chi connectivity index (χ2n) is 12.7. The number of hydrogen-bond donors (Lipinski definition) is 6. The zero-order valence-corrected chi connectivity index (χ0v) is 28.2. The number of fused-ring (bicyclic) bond motifs is 3. The van der Waals surface area contributed by atoms with Crippen molar-refractivity contribution in [3.05, 3.63) is 47.7 Å². The number of pyridine rings is 1. The minimum absolute atomic E-state index is 0.0196. The summed E-state index contributed by atoms with van der Waals surface area (Å²) >= 11 is 0. The summed E-state index contributed by atoms with van der Waals surface area (Å²) < 4.78 is 42.4. The summed E-state index contributed by atoms with van der Waals surface area (Å²) in [4.78, 5) is 17.2. The maximum absolute atomic E-state index is 16.9. The van der Waals surface area contributed by atoms with E-state index in [2.05, 4.69) is 31.1 Å². The van der Waals surface area contributed by atoms with Crippen molar-refractivity contribution in [2.24, 2.45) is 0 Å². The van der Waals surface area contributed by atoms with E-state index < -0.39 is 41.1 Å². The van der Waals surface area contributed by atoms with Gasteiger partial charge < -0.3 is 45.2 Å². The van der Waals surface area contributed by atoms with Gasteiger partial charge in [0.25, 0.3) is 0 Å². The summed E-state index contributed by atoms with van der Waals surface area (Å²) in [6, 6.07) is 4.22. The molecular formula is C35H39BF2N6O7. The van der Waals surface area contributed by atoms with E-state index in [0.717, 1.165) is 32.0 Å². The Kier molecular flexibility index (Phi) is 10.1. The molecule has 2 aromatic carbocycles. The highest BCUT2D eigenvalue weighted by molar-refractivity contribution is 6.14. The summed E-state index contributed by atoms with van der Waals surface area (Å²) in [5, 5.41) is 53.7. The molecule has 2 aromatic heterocycles. The number of nitrogens with one attached hydrogen (secondary N) is 1. The van der Waals surface area contributed by atoms with Gasteiger partial charge in [-0.3, -0.25) is 9.88 Å². The second kappa shape index (κ2) is 14.1. The predicted octanol–water partition coefficient (Wildman–Crippen LogP) is 2.04. The van der Waals surface area contributed by atoms with E-state index in [9.17, 15) is 29.9 Å². The van der Waals surface area contributed by atoms with Crippen LogP contribution >= 0.6 is 0 Å². The highest BCUT2D eigenvalue weighted by atomic mass is 19.1. The van der Waals surface area contributed by atoms with Crippen molar-refractivity contribution in [3.63, 3.8) is 0 Å². The van der Waals surface area contributed by atoms with Crippen LogP contribution in [0.4, 0.5) is 14.6 Å². The lowest BCUT2D eigenvalue weighted by Gasteiger charge is -2.44. The predicted molar refractivity (Wildman–Crippen MR) is 185 cm³/mol. The smallest absolute Gasteiger partial charge is 0.405 e. The lowest BCUT2D eigenvalue weighted by molar-refractivity contribution is -0.455. The van der Waals surface area contributed by atoms with Crippen LogP contribution in [-0.4, -0.2) is 116 Å². The number of rotatable bonds is 8. The first kappa shape index (κ1) is 36.6. The van der Waals surface area contributed by atoms with Gasteiger partial charge in [0.1, 0.15) is 28.6 Å². The molecule has 0 spiro atoms. The molecule has 5 heterocycles. The number of aromatic hydroxyl groups is 1. The minimum Gasteiger partial charge on any atom is -0.508 e. The van der Waals surface area contributed by atoms with Gasteiger partial charge in [0, 0.05) is 42.8 Å². The molecular weight excluding hydrogens is 665 g/mol. The van der Waals surface area contributed by atoms with Crippen molar-refractivity contribution >= 4 is 35.3 Å². The number of hydrogen-bond acceptors (Lipinski definition) is 13. The first-order valence-corrected chi connectivity index (χ1v) is 16.8. The molecule has 2 radical (unpaired) electrons. The first-order valence-electron chi connectivity index (χ1n) is 16.8. The monoisotopic (exact) mass is 704 g/mol. The fourth-order valence-electron chi connectivity index (χ4n) is 7.52. The van der Waals surface area contributed by atoms with Crippen molar-refractivity contribution in [1.29, 1.82) is 0 Å². The Labute approximate surface area is 294 Å². The molecule has 3 fully saturated rings. The van der Waals surface area contributed by atoms with Gasteiger partial charge in [0.05, 0.1) is 23.1 Å². The van der Waals surface area contributed by atoms with Gasteiger partial charge in [-0.1, -0.05) is 25.8 Å². The van der Waals surface area contributed by atoms with Crippen LogP contribution in [0, 0.1) is 24.0 Å². The fraction of sp³-hybridized carbons (Fsp3) is 0.457. The highest BCUT2D eigenvalue weighted by Gasteiger charge is 2.57. The molecule has 6 N–H and O–H groups in total. The number of piperazine rings is 1. The van der Waals surface area contributed by atoms with Crippen molar-refractivity contribution in [2.45, 2.75) is 63.0 Å². The Hall–Kier alpha value is -4.21. The lowest BCUT2D eigenvalue weighted by atomic mass is 9.73. The lowest BCUT2D eigenvalue weighted by Crippen LogP contribution is -2.62. The molecule has 2 unspecified atom stereocenters. The Morgan fingerprint density at radius 1 is 1.10 bits per heavy atom. The van der Waals surface area contributed by atoms with E-state index in [1.165, 1.54) is 24.4 Å². The molecule has 2 atom stereocenters. The third kappa shape index (κ3) is 6.78. The van der Waals surface area contributed by atoms with Gasteiger partial charge in [-0.25, -0.2) is 8.78 Å². The number of aromatic nitrogens is 3. The molecule has 0 saturated carbocycles. The molecule has 51 heavy (non-hydrogen) atoms. The fourth-order valence-corrected chi connectivity index (χ4v) is 7.52. The normalized spacial score (nSPS) is 20.1. The van der Waals surface area contributed by atoms with Gasteiger partial charge >= 0.3 is 12.2 Å². The van der Waals surface area contributed by atoms with Crippen LogP contribution in [0.1, 0.15) is 45.1 Å². The van der Waals surface area contributed by atoms with Crippen LogP contribution in [0.2, 0.25) is 0 Å². The topological polar surface area (TPSA) is 177 Å². The number of nitrogens with zero attached hydrogens (tertiary/aromatic N) is 5. The number of benzene rings is 2. The van der Waals surface area contributed by atoms with Crippen LogP contribution in [0.25, 0.3) is 32.9 Å². The van der Waals surface area contributed by atoms with Gasteiger partial charge in [-0.15, -0.1) is 6.42 Å². The van der Waals surface area contributed by atoms with Crippen LogP contribution in [0.5, 0.6) is 11.8 Å². The minimum atomic E-state index is -3.34. The molecule has 0 aliphatic carbocycles. The number of anilines is 1. The number of ether oxygens (including phenoxy) is 2. The first-order chi connectivity index (χ1) is 24.3. The van der Waals surface area contributed by atoms with E-state index in [-0.39, 0.29) is 57.8 Å². The van der Waals surface area contributed by atoms with E-state index in [0.29, 0.717) is 31.3 Å². The summed E-state index contributed by atoms with van der Waals surface area (Å²) in [7, 11) is 6.50. The summed E-state index contributed by atoms with van der Waals surface area (Å²) in [6.45, 7) is 5.97. The number of halogens is 2. The standard InChI is InChI=1S/C33H33BF2N6O7.C2H6/c1-2-21-24(35)6-5-18-13-20(43)14-22(25(18)21)27-26(36)28-23(15-38-27)29(41-12-9-37-19(16-41)17-48-33(45,46)47)40-30(39-28)49-32(34,44)31-7-3-10-42(31)11-4-8-31;1-2/h1,5-6,13-15,19,37,43-47H,3-4,7-12,16-17H2;1-2H3. The SMILES string of the molecule is CC.[B]C(O)(Oc1nc(N2CCNC(COC(O)(O)O)C2)c2cnc(-c3cc(O)cc4ccc(F)c(C#C)c34)c(F)c2n1)C12CCCN1CCC2. The van der Waals surface area contributed by atoms with Crippen LogP contribution in [-0.2, 0) is 4.74 Å². The molecule has 7 rings (SSSR count). The van der Waals surface area contributed by atoms with Gasteiger partial charge in [-0.2, -0.15) is 9.97 Å². The Balaban J connectivity index is 0.00000220. The van der Waals surface area contributed by atoms with Crippen molar-refractivity contribution in [1.82, 2.24) is 25.2 Å². The number of terminal acetylenes is 1. The average molecular weight is 705 g/mol. The molecule has 0 bridgehead atoms. The zero-order valence-electron chi connectivity index (χ0n) is 28.2. The van der Waals surface area contributed by atoms with Crippen LogP contribution in [0.15, 0.2) is 30.5 Å². The molecule has 268 valence electrons. The molecule has 16 heteroatoms. The number of aliphatic hydroxyl groups is 4. The summed E-state index contributed by atoms with van der Waals surface area (Å²) in [5.41, 5.74) is -3.82. The van der Waals surface area contributed by atoms with Crippen LogP contribution < -0.4 is 15.0 Å². The largest absolute Gasteiger partial charge is 0.508 e. The third-order valence-corrected chi connectivity index (χ3v) is 9.68. The number of phenols is 1. The van der Waals surface area contributed by atoms with Crippen molar-refractivity contribution in [2.75, 3.05) is 44.2 Å². The Morgan fingerprint density at radius 2 is 1.82 bits per heavy atom. The van der Waals surface area contributed by atoms with Crippen LogP contribution in [0.3, 0.4) is 0 Å². The van der Waals surface area contributed by atoms with Gasteiger partial charge in [0.15, 0.2) is 19.3 Å². The molecule has 3 aliphatic rings.